The largest absolute Gasteiger partial charge is 0.503 e. The van der Waals surface area contributed by atoms with E-state index in [1.54, 1.807) is 48.5 Å². The van der Waals surface area contributed by atoms with Gasteiger partial charge in [-0.1, -0.05) is 35.3 Å². The van der Waals surface area contributed by atoms with Gasteiger partial charge < -0.3 is 9.52 Å². The number of aliphatic hydroxyl groups excluding tert-OH is 1. The molecule has 0 saturated carbocycles. The number of aliphatic hydroxyl groups is 1. The van der Waals surface area contributed by atoms with Crippen molar-refractivity contribution in [2.75, 3.05) is 4.90 Å². The zero-order valence-corrected chi connectivity index (χ0v) is 18.0. The number of thiophene rings is 1. The van der Waals surface area contributed by atoms with E-state index in [1.807, 2.05) is 17.5 Å². The van der Waals surface area contributed by atoms with Gasteiger partial charge in [0, 0.05) is 26.0 Å². The van der Waals surface area contributed by atoms with Crippen molar-refractivity contribution in [1.29, 1.82) is 0 Å². The third kappa shape index (κ3) is 3.33. The Kier molecular flexibility index (Phi) is 4.85. The van der Waals surface area contributed by atoms with Gasteiger partial charge in [-0.25, -0.2) is 0 Å². The van der Waals surface area contributed by atoms with Gasteiger partial charge in [0.15, 0.2) is 11.5 Å². The van der Waals surface area contributed by atoms with Crippen LogP contribution in [0.1, 0.15) is 21.5 Å². The average Bonchev–Trinajstić information content (AvgIpc) is 3.46. The van der Waals surface area contributed by atoms with Crippen molar-refractivity contribution in [3.8, 4) is 0 Å². The molecular weight excluding hydrogens is 457 g/mol. The summed E-state index contributed by atoms with van der Waals surface area (Å²) in [5.74, 6) is -1.84. The van der Waals surface area contributed by atoms with Crippen LogP contribution in [0.2, 0.25) is 10.0 Å². The van der Waals surface area contributed by atoms with Crippen molar-refractivity contribution in [2.45, 2.75) is 6.04 Å². The molecule has 31 heavy (non-hydrogen) atoms. The van der Waals surface area contributed by atoms with E-state index in [4.69, 9.17) is 27.6 Å². The average molecular weight is 470 g/mol. The summed E-state index contributed by atoms with van der Waals surface area (Å²) in [4.78, 5) is 28.6. The van der Waals surface area contributed by atoms with Crippen LogP contribution in [-0.2, 0) is 4.79 Å². The number of furan rings is 1. The number of halogens is 2. The van der Waals surface area contributed by atoms with E-state index >= 15 is 0 Å². The SMILES string of the molecule is O=C(C1=C(O)C(=O)N(c2cccc(Cl)c2)C1c1cccs1)c1cc2cc(Cl)ccc2o1. The fourth-order valence-electron chi connectivity index (χ4n) is 3.70. The highest BCUT2D eigenvalue weighted by Crippen LogP contribution is 2.44. The summed E-state index contributed by atoms with van der Waals surface area (Å²) in [7, 11) is 0. The first-order valence-electron chi connectivity index (χ1n) is 9.23. The van der Waals surface area contributed by atoms with Crippen LogP contribution in [0.5, 0.6) is 0 Å². The highest BCUT2D eigenvalue weighted by molar-refractivity contribution is 7.10. The molecule has 2 aromatic carbocycles. The third-order valence-corrected chi connectivity index (χ3v) is 6.45. The number of ketones is 1. The van der Waals surface area contributed by atoms with Crippen LogP contribution in [0.25, 0.3) is 11.0 Å². The van der Waals surface area contributed by atoms with Gasteiger partial charge in [-0.05, 0) is 53.9 Å². The maximum absolute atomic E-state index is 13.5. The zero-order chi connectivity index (χ0) is 21.7. The van der Waals surface area contributed by atoms with Crippen LogP contribution in [-0.4, -0.2) is 16.8 Å². The Labute approximate surface area is 190 Å². The van der Waals surface area contributed by atoms with Crippen molar-refractivity contribution >= 4 is 62.9 Å². The summed E-state index contributed by atoms with van der Waals surface area (Å²) >= 11 is 13.5. The number of Topliss-reactive ketones (excluding diaryl/α,β-unsaturated/α-hetero) is 1. The second kappa shape index (κ2) is 7.57. The second-order valence-corrected chi connectivity index (χ2v) is 8.81. The summed E-state index contributed by atoms with van der Waals surface area (Å²) < 4.78 is 5.71. The molecule has 1 unspecified atom stereocenters. The molecule has 1 N–H and O–H groups in total. The lowest BCUT2D eigenvalue weighted by Crippen LogP contribution is -2.30. The number of rotatable bonds is 4. The molecule has 8 heteroatoms. The molecule has 3 heterocycles. The first kappa shape index (κ1) is 19.9. The number of carbonyl (C=O) groups is 2. The van der Waals surface area contributed by atoms with Crippen LogP contribution in [0, 0.1) is 0 Å². The number of hydrogen-bond acceptors (Lipinski definition) is 5. The van der Waals surface area contributed by atoms with E-state index in [1.165, 1.54) is 16.2 Å². The Morgan fingerprint density at radius 2 is 1.84 bits per heavy atom. The molecule has 1 amide bonds. The van der Waals surface area contributed by atoms with Gasteiger partial charge in [0.05, 0.1) is 5.57 Å². The molecule has 5 rings (SSSR count). The molecule has 0 saturated heterocycles. The Morgan fingerprint density at radius 1 is 1.03 bits per heavy atom. The molecule has 0 aliphatic carbocycles. The first-order valence-corrected chi connectivity index (χ1v) is 10.9. The topological polar surface area (TPSA) is 70.8 Å². The lowest BCUT2D eigenvalue weighted by molar-refractivity contribution is -0.117. The number of hydrogen-bond donors (Lipinski definition) is 1. The molecular formula is C23H13Cl2NO4S. The maximum atomic E-state index is 13.5. The fourth-order valence-corrected chi connectivity index (χ4v) is 4.89. The third-order valence-electron chi connectivity index (χ3n) is 5.05. The Hall–Kier alpha value is -3.06. The molecule has 0 fully saturated rings. The number of carbonyl (C=O) groups excluding carboxylic acids is 2. The number of fused-ring (bicyclic) bond motifs is 1. The predicted octanol–water partition coefficient (Wildman–Crippen LogP) is 6.58. The minimum absolute atomic E-state index is 0.0149. The summed E-state index contributed by atoms with van der Waals surface area (Å²) in [5.41, 5.74) is 0.913. The van der Waals surface area contributed by atoms with Gasteiger partial charge >= 0.3 is 0 Å². The second-order valence-electron chi connectivity index (χ2n) is 6.96. The standard InChI is InChI=1S/C23H13Cl2NO4S/c24-13-3-1-4-15(11-13)26-20(18-5-2-8-31-18)19(22(28)23(26)29)21(27)17-10-12-9-14(25)6-7-16(12)30-17/h1-11,20,28H. The number of nitrogens with zero attached hydrogens (tertiary/aromatic N) is 1. The molecule has 4 aromatic rings. The van der Waals surface area contributed by atoms with E-state index in [0.717, 1.165) is 4.88 Å². The van der Waals surface area contributed by atoms with Crippen LogP contribution in [0.3, 0.4) is 0 Å². The van der Waals surface area contributed by atoms with E-state index in [2.05, 4.69) is 0 Å². The van der Waals surface area contributed by atoms with Gasteiger partial charge in [0.1, 0.15) is 11.6 Å². The summed E-state index contributed by atoms with van der Waals surface area (Å²) in [5, 5.41) is 14.2. The normalized spacial score (nSPS) is 16.5. The van der Waals surface area contributed by atoms with Gasteiger partial charge in [0.2, 0.25) is 5.78 Å². The molecule has 154 valence electrons. The molecule has 1 atom stereocenters. The van der Waals surface area contributed by atoms with E-state index < -0.39 is 23.5 Å². The van der Waals surface area contributed by atoms with Gasteiger partial charge in [-0.2, -0.15) is 0 Å². The van der Waals surface area contributed by atoms with Crippen molar-refractivity contribution in [3.63, 3.8) is 0 Å². The lowest BCUT2D eigenvalue weighted by Gasteiger charge is -2.25. The van der Waals surface area contributed by atoms with E-state index in [0.29, 0.717) is 26.7 Å². The maximum Gasteiger partial charge on any atom is 0.294 e. The molecule has 2 aromatic heterocycles. The van der Waals surface area contributed by atoms with Crippen LogP contribution < -0.4 is 4.90 Å². The Morgan fingerprint density at radius 3 is 2.58 bits per heavy atom. The predicted molar refractivity (Wildman–Crippen MR) is 121 cm³/mol. The number of benzene rings is 2. The zero-order valence-electron chi connectivity index (χ0n) is 15.7. The quantitative estimate of drug-likeness (QED) is 0.342. The minimum atomic E-state index is -0.810. The molecule has 0 spiro atoms. The number of anilines is 1. The minimum Gasteiger partial charge on any atom is -0.503 e. The van der Waals surface area contributed by atoms with Crippen molar-refractivity contribution in [1.82, 2.24) is 0 Å². The Bertz CT molecular complexity index is 1370. The summed E-state index contributed by atoms with van der Waals surface area (Å²) in [6.45, 7) is 0. The number of amides is 1. The van der Waals surface area contributed by atoms with Crippen molar-refractivity contribution < 1.29 is 19.1 Å². The summed E-state index contributed by atoms with van der Waals surface area (Å²) in [6.07, 6.45) is 0. The molecule has 1 aliphatic heterocycles. The van der Waals surface area contributed by atoms with Gasteiger partial charge in [-0.3, -0.25) is 14.5 Å². The van der Waals surface area contributed by atoms with Gasteiger partial charge in [-0.15, -0.1) is 11.3 Å². The molecule has 5 nitrogen and oxygen atoms in total. The highest BCUT2D eigenvalue weighted by atomic mass is 35.5. The van der Waals surface area contributed by atoms with Crippen LogP contribution >= 0.6 is 34.5 Å². The first-order chi connectivity index (χ1) is 14.9. The van der Waals surface area contributed by atoms with Gasteiger partial charge in [0.25, 0.3) is 5.91 Å². The fraction of sp³-hybridized carbons (Fsp3) is 0.0435. The monoisotopic (exact) mass is 469 g/mol. The van der Waals surface area contributed by atoms with Crippen LogP contribution in [0.15, 0.2) is 81.8 Å². The summed E-state index contributed by atoms with van der Waals surface area (Å²) in [6, 6.07) is 16.1. The molecule has 0 bridgehead atoms. The smallest absolute Gasteiger partial charge is 0.294 e. The Balaban J connectivity index is 1.64. The molecule has 1 aliphatic rings. The van der Waals surface area contributed by atoms with Crippen molar-refractivity contribution in [3.05, 3.63) is 98.1 Å². The van der Waals surface area contributed by atoms with E-state index in [9.17, 15) is 14.7 Å². The lowest BCUT2D eigenvalue weighted by atomic mass is 10.00. The van der Waals surface area contributed by atoms with Crippen LogP contribution in [0.4, 0.5) is 5.69 Å². The van der Waals surface area contributed by atoms with Crippen molar-refractivity contribution in [2.24, 2.45) is 0 Å². The molecule has 0 radical (unpaired) electrons. The van der Waals surface area contributed by atoms with E-state index in [-0.39, 0.29) is 11.3 Å². The highest BCUT2D eigenvalue weighted by Gasteiger charge is 2.45.